The van der Waals surface area contributed by atoms with Crippen LogP contribution in [-0.2, 0) is 0 Å². The molecule has 4 nitrogen and oxygen atoms in total. The Kier molecular flexibility index (Phi) is 3.70. The zero-order chi connectivity index (χ0) is 14.1. The summed E-state index contributed by atoms with van der Waals surface area (Å²) in [6.07, 6.45) is 3.76. The molecular formula is C16H22N4. The van der Waals surface area contributed by atoms with Crippen LogP contribution in [-0.4, -0.2) is 54.6 Å². The van der Waals surface area contributed by atoms with Crippen molar-refractivity contribution in [2.45, 2.75) is 12.1 Å². The maximum Gasteiger partial charge on any atom is 0.0472 e. The molecule has 4 heteroatoms. The minimum atomic E-state index is 0.00986. The number of nitrogens with two attached hydrogens (primary N) is 1. The maximum absolute atomic E-state index is 6.59. The van der Waals surface area contributed by atoms with Crippen molar-refractivity contribution >= 4 is 10.8 Å². The zero-order valence-electron chi connectivity index (χ0n) is 12.2. The van der Waals surface area contributed by atoms with E-state index in [1.54, 1.807) is 0 Å². The minimum Gasteiger partial charge on any atom is -0.323 e. The largest absolute Gasteiger partial charge is 0.323 e. The number of likely N-dealkylation sites (N-methyl/N-ethyl adjacent to an activating group) is 2. The number of piperazine rings is 1. The molecule has 1 aromatic carbocycles. The monoisotopic (exact) mass is 270 g/mol. The average Bonchev–Trinajstić information content (AvgIpc) is 2.48. The van der Waals surface area contributed by atoms with Crippen LogP contribution in [0.2, 0.25) is 0 Å². The van der Waals surface area contributed by atoms with Crippen LogP contribution >= 0.6 is 0 Å². The standard InChI is InChI=1S/C16H22N4/c1-19-8-9-20(2)15(11-19)16(17)13-5-3-4-12-6-7-18-10-14(12)13/h3-7,10,15-16H,8-9,11,17H2,1-2H3. The van der Waals surface area contributed by atoms with E-state index in [-0.39, 0.29) is 6.04 Å². The molecule has 1 aromatic heterocycles. The molecule has 1 fully saturated rings. The number of nitrogens with zero attached hydrogens (tertiary/aromatic N) is 3. The summed E-state index contributed by atoms with van der Waals surface area (Å²) in [4.78, 5) is 8.99. The summed E-state index contributed by atoms with van der Waals surface area (Å²) in [5.74, 6) is 0. The Bertz CT molecular complexity index is 593. The predicted octanol–water partition coefficient (Wildman–Crippen LogP) is 1.48. The molecule has 3 rings (SSSR count). The third kappa shape index (κ3) is 2.42. The fraction of sp³-hybridized carbons (Fsp3) is 0.438. The van der Waals surface area contributed by atoms with Crippen LogP contribution in [0.3, 0.4) is 0 Å². The number of hydrogen-bond donors (Lipinski definition) is 1. The molecule has 2 aromatic rings. The first-order chi connectivity index (χ1) is 9.66. The molecular weight excluding hydrogens is 248 g/mol. The number of rotatable bonds is 2. The second kappa shape index (κ2) is 5.48. The second-order valence-electron chi connectivity index (χ2n) is 5.78. The van der Waals surface area contributed by atoms with Gasteiger partial charge in [0.05, 0.1) is 0 Å². The Morgan fingerprint density at radius 1 is 1.25 bits per heavy atom. The summed E-state index contributed by atoms with van der Waals surface area (Å²) in [5.41, 5.74) is 7.79. The van der Waals surface area contributed by atoms with Crippen LogP contribution in [0, 0.1) is 0 Å². The lowest BCUT2D eigenvalue weighted by Crippen LogP contribution is -2.54. The van der Waals surface area contributed by atoms with E-state index in [0.717, 1.165) is 19.6 Å². The highest BCUT2D eigenvalue weighted by Crippen LogP contribution is 2.27. The number of benzene rings is 1. The van der Waals surface area contributed by atoms with Gasteiger partial charge in [0.2, 0.25) is 0 Å². The van der Waals surface area contributed by atoms with E-state index in [9.17, 15) is 0 Å². The summed E-state index contributed by atoms with van der Waals surface area (Å²) in [6, 6.07) is 8.74. The van der Waals surface area contributed by atoms with Crippen LogP contribution in [0.1, 0.15) is 11.6 Å². The average molecular weight is 270 g/mol. The third-order valence-electron chi connectivity index (χ3n) is 4.39. The smallest absolute Gasteiger partial charge is 0.0472 e. The van der Waals surface area contributed by atoms with E-state index < -0.39 is 0 Å². The van der Waals surface area contributed by atoms with E-state index in [2.05, 4.69) is 47.1 Å². The first kappa shape index (κ1) is 13.5. The van der Waals surface area contributed by atoms with E-state index >= 15 is 0 Å². The van der Waals surface area contributed by atoms with Crippen molar-refractivity contribution in [3.63, 3.8) is 0 Å². The molecule has 2 unspecified atom stereocenters. The molecule has 2 atom stereocenters. The van der Waals surface area contributed by atoms with Gasteiger partial charge in [-0.05, 0) is 31.1 Å². The topological polar surface area (TPSA) is 45.4 Å². The van der Waals surface area contributed by atoms with Gasteiger partial charge in [0.1, 0.15) is 0 Å². The molecule has 1 aliphatic rings. The van der Waals surface area contributed by atoms with Crippen molar-refractivity contribution in [2.75, 3.05) is 33.7 Å². The van der Waals surface area contributed by atoms with Crippen molar-refractivity contribution in [1.29, 1.82) is 0 Å². The molecule has 2 N–H and O–H groups in total. The lowest BCUT2D eigenvalue weighted by molar-refractivity contribution is 0.0977. The van der Waals surface area contributed by atoms with Crippen molar-refractivity contribution < 1.29 is 0 Å². The van der Waals surface area contributed by atoms with Gasteiger partial charge in [0.25, 0.3) is 0 Å². The Labute approximate surface area is 120 Å². The van der Waals surface area contributed by atoms with E-state index in [4.69, 9.17) is 5.73 Å². The quantitative estimate of drug-likeness (QED) is 0.898. The van der Waals surface area contributed by atoms with Gasteiger partial charge >= 0.3 is 0 Å². The van der Waals surface area contributed by atoms with Gasteiger partial charge in [0.15, 0.2) is 0 Å². The van der Waals surface area contributed by atoms with E-state index in [1.807, 2.05) is 18.5 Å². The number of aromatic nitrogens is 1. The molecule has 1 aliphatic heterocycles. The van der Waals surface area contributed by atoms with Crippen LogP contribution in [0.5, 0.6) is 0 Å². The Balaban J connectivity index is 1.97. The van der Waals surface area contributed by atoms with Gasteiger partial charge in [-0.25, -0.2) is 0 Å². The van der Waals surface area contributed by atoms with Crippen LogP contribution in [0.25, 0.3) is 10.8 Å². The van der Waals surface area contributed by atoms with Gasteiger partial charge in [0, 0.05) is 49.5 Å². The summed E-state index contributed by atoms with van der Waals surface area (Å²) >= 11 is 0. The van der Waals surface area contributed by atoms with Crippen LogP contribution in [0.15, 0.2) is 36.7 Å². The fourth-order valence-electron chi connectivity index (χ4n) is 3.07. The van der Waals surface area contributed by atoms with Crippen molar-refractivity contribution in [3.8, 4) is 0 Å². The van der Waals surface area contributed by atoms with Gasteiger partial charge in [-0.15, -0.1) is 0 Å². The first-order valence-corrected chi connectivity index (χ1v) is 7.14. The van der Waals surface area contributed by atoms with Gasteiger partial charge < -0.3 is 10.6 Å². The molecule has 0 bridgehead atoms. The number of pyridine rings is 1. The van der Waals surface area contributed by atoms with Crippen molar-refractivity contribution in [3.05, 3.63) is 42.2 Å². The molecule has 0 amide bonds. The van der Waals surface area contributed by atoms with Gasteiger partial charge in [-0.1, -0.05) is 18.2 Å². The summed E-state index contributed by atoms with van der Waals surface area (Å²) < 4.78 is 0. The van der Waals surface area contributed by atoms with Crippen LogP contribution in [0.4, 0.5) is 0 Å². The zero-order valence-corrected chi connectivity index (χ0v) is 12.2. The Hall–Kier alpha value is -1.49. The highest BCUT2D eigenvalue weighted by atomic mass is 15.3. The summed E-state index contributed by atoms with van der Waals surface area (Å²) in [5, 5.41) is 2.38. The van der Waals surface area contributed by atoms with E-state index in [0.29, 0.717) is 6.04 Å². The molecule has 20 heavy (non-hydrogen) atoms. The molecule has 0 radical (unpaired) electrons. The van der Waals surface area contributed by atoms with Crippen LogP contribution < -0.4 is 5.73 Å². The van der Waals surface area contributed by atoms with Gasteiger partial charge in [-0.2, -0.15) is 0 Å². The maximum atomic E-state index is 6.59. The number of hydrogen-bond acceptors (Lipinski definition) is 4. The number of fused-ring (bicyclic) bond motifs is 1. The van der Waals surface area contributed by atoms with E-state index in [1.165, 1.54) is 16.3 Å². The van der Waals surface area contributed by atoms with Crippen molar-refractivity contribution in [1.82, 2.24) is 14.8 Å². The molecule has 0 spiro atoms. The Morgan fingerprint density at radius 2 is 2.10 bits per heavy atom. The predicted molar refractivity (Wildman–Crippen MR) is 82.6 cm³/mol. The molecule has 0 saturated carbocycles. The molecule has 106 valence electrons. The molecule has 2 heterocycles. The summed E-state index contributed by atoms with van der Waals surface area (Å²) in [7, 11) is 4.33. The second-order valence-corrected chi connectivity index (χ2v) is 5.78. The minimum absolute atomic E-state index is 0.00986. The molecule has 0 aliphatic carbocycles. The summed E-state index contributed by atoms with van der Waals surface area (Å²) in [6.45, 7) is 3.18. The first-order valence-electron chi connectivity index (χ1n) is 7.14. The highest BCUT2D eigenvalue weighted by molar-refractivity contribution is 5.85. The fourth-order valence-corrected chi connectivity index (χ4v) is 3.07. The van der Waals surface area contributed by atoms with Crippen molar-refractivity contribution in [2.24, 2.45) is 5.73 Å². The SMILES string of the molecule is CN1CCN(C)C(C(N)c2cccc3ccncc23)C1. The third-order valence-corrected chi connectivity index (χ3v) is 4.39. The normalized spacial score (nSPS) is 23.1. The lowest BCUT2D eigenvalue weighted by Gasteiger charge is -2.41. The highest BCUT2D eigenvalue weighted by Gasteiger charge is 2.29. The van der Waals surface area contributed by atoms with Gasteiger partial charge in [-0.3, -0.25) is 9.88 Å². The molecule has 1 saturated heterocycles. The lowest BCUT2D eigenvalue weighted by atomic mass is 9.93. The Morgan fingerprint density at radius 3 is 2.95 bits per heavy atom.